The van der Waals surface area contributed by atoms with Gasteiger partial charge in [-0.2, -0.15) is 5.26 Å². The molecule has 0 spiro atoms. The van der Waals surface area contributed by atoms with Crippen LogP contribution in [0.25, 0.3) is 5.69 Å². The lowest BCUT2D eigenvalue weighted by Gasteiger charge is -2.11. The Morgan fingerprint density at radius 1 is 1.27 bits per heavy atom. The van der Waals surface area contributed by atoms with Crippen molar-refractivity contribution >= 4 is 5.91 Å². The average Bonchev–Trinajstić information content (AvgIpc) is 3.14. The molecule has 4 rings (SSSR count). The zero-order valence-corrected chi connectivity index (χ0v) is 14.0. The highest BCUT2D eigenvalue weighted by Gasteiger charge is 2.19. The standard InChI is InChI=1S/C20H16N4O2/c21-12-16-11-19-18(20(25)23-6-8-26-19)10-15(16)9-14-1-3-17(4-2-14)24-7-5-22-13-24/h1-5,7,10-11,13H,6,8-9H2,(H,23,25). The summed E-state index contributed by atoms with van der Waals surface area (Å²) in [5, 5.41) is 12.3. The van der Waals surface area contributed by atoms with Gasteiger partial charge in [0.1, 0.15) is 12.4 Å². The van der Waals surface area contributed by atoms with Gasteiger partial charge in [0.05, 0.1) is 30.1 Å². The Morgan fingerprint density at radius 3 is 2.85 bits per heavy atom. The molecule has 1 aliphatic heterocycles. The molecule has 0 fully saturated rings. The van der Waals surface area contributed by atoms with E-state index in [1.54, 1.807) is 24.7 Å². The molecule has 6 heteroatoms. The molecular weight excluding hydrogens is 328 g/mol. The number of nitrogens with zero attached hydrogens (tertiary/aromatic N) is 3. The van der Waals surface area contributed by atoms with Crippen LogP contribution in [-0.2, 0) is 6.42 Å². The van der Waals surface area contributed by atoms with Gasteiger partial charge in [-0.3, -0.25) is 4.79 Å². The molecule has 128 valence electrons. The number of ether oxygens (including phenoxy) is 1. The second-order valence-corrected chi connectivity index (χ2v) is 6.03. The Hall–Kier alpha value is -3.59. The van der Waals surface area contributed by atoms with Crippen molar-refractivity contribution in [3.63, 3.8) is 0 Å². The predicted molar refractivity (Wildman–Crippen MR) is 95.4 cm³/mol. The molecule has 1 N–H and O–H groups in total. The van der Waals surface area contributed by atoms with Crippen molar-refractivity contribution in [2.24, 2.45) is 0 Å². The van der Waals surface area contributed by atoms with E-state index in [0.717, 1.165) is 16.8 Å². The molecule has 26 heavy (non-hydrogen) atoms. The first-order chi connectivity index (χ1) is 12.7. The smallest absolute Gasteiger partial charge is 0.255 e. The molecule has 1 aromatic heterocycles. The van der Waals surface area contributed by atoms with Crippen LogP contribution in [0, 0.1) is 11.3 Å². The lowest BCUT2D eigenvalue weighted by Crippen LogP contribution is -2.24. The Labute approximate surface area is 150 Å². The van der Waals surface area contributed by atoms with Crippen LogP contribution in [-0.4, -0.2) is 28.6 Å². The second-order valence-electron chi connectivity index (χ2n) is 6.03. The summed E-state index contributed by atoms with van der Waals surface area (Å²) in [7, 11) is 0. The minimum atomic E-state index is -0.168. The lowest BCUT2D eigenvalue weighted by molar-refractivity contribution is 0.0957. The molecule has 0 saturated heterocycles. The number of carbonyl (C=O) groups is 1. The van der Waals surface area contributed by atoms with Gasteiger partial charge in [0, 0.05) is 18.1 Å². The number of rotatable bonds is 3. The first-order valence-electron chi connectivity index (χ1n) is 8.30. The van der Waals surface area contributed by atoms with Crippen LogP contribution < -0.4 is 10.1 Å². The predicted octanol–water partition coefficient (Wildman–Crippen LogP) is 2.46. The number of nitriles is 1. The van der Waals surface area contributed by atoms with Crippen molar-refractivity contribution in [3.05, 3.63) is 77.4 Å². The summed E-state index contributed by atoms with van der Waals surface area (Å²) in [4.78, 5) is 16.2. The highest BCUT2D eigenvalue weighted by Crippen LogP contribution is 2.27. The number of fused-ring (bicyclic) bond motifs is 1. The van der Waals surface area contributed by atoms with Crippen LogP contribution >= 0.6 is 0 Å². The number of amides is 1. The first kappa shape index (κ1) is 15.9. The summed E-state index contributed by atoms with van der Waals surface area (Å²) in [6.45, 7) is 0.860. The molecule has 3 aromatic rings. The fourth-order valence-electron chi connectivity index (χ4n) is 3.01. The third-order valence-corrected chi connectivity index (χ3v) is 4.35. The molecular formula is C20H16N4O2. The van der Waals surface area contributed by atoms with E-state index in [0.29, 0.717) is 36.4 Å². The first-order valence-corrected chi connectivity index (χ1v) is 8.30. The maximum Gasteiger partial charge on any atom is 0.255 e. The van der Waals surface area contributed by atoms with E-state index in [9.17, 15) is 10.1 Å². The van der Waals surface area contributed by atoms with Gasteiger partial charge >= 0.3 is 0 Å². The molecule has 2 heterocycles. The Bertz CT molecular complexity index is 986. The topological polar surface area (TPSA) is 79.9 Å². The number of imidazole rings is 1. The number of hydrogen-bond donors (Lipinski definition) is 1. The van der Waals surface area contributed by atoms with Crippen molar-refractivity contribution in [2.45, 2.75) is 6.42 Å². The van der Waals surface area contributed by atoms with Crippen molar-refractivity contribution in [1.29, 1.82) is 5.26 Å². The molecule has 0 radical (unpaired) electrons. The molecule has 0 aliphatic carbocycles. The van der Waals surface area contributed by atoms with E-state index in [-0.39, 0.29) is 5.91 Å². The van der Waals surface area contributed by atoms with Gasteiger partial charge in [-0.05, 0) is 41.8 Å². The number of benzene rings is 2. The minimum Gasteiger partial charge on any atom is -0.491 e. The number of nitrogens with one attached hydrogen (secondary N) is 1. The zero-order chi connectivity index (χ0) is 17.9. The largest absolute Gasteiger partial charge is 0.491 e. The number of carbonyl (C=O) groups excluding carboxylic acids is 1. The highest BCUT2D eigenvalue weighted by molar-refractivity contribution is 5.97. The van der Waals surface area contributed by atoms with E-state index >= 15 is 0 Å². The third-order valence-electron chi connectivity index (χ3n) is 4.35. The summed E-state index contributed by atoms with van der Waals surface area (Å²) in [6.07, 6.45) is 5.92. The Balaban J connectivity index is 1.65. The summed E-state index contributed by atoms with van der Waals surface area (Å²) < 4.78 is 7.51. The van der Waals surface area contributed by atoms with Gasteiger partial charge in [0.2, 0.25) is 0 Å². The van der Waals surface area contributed by atoms with Gasteiger partial charge in [-0.1, -0.05) is 12.1 Å². The molecule has 0 atom stereocenters. The zero-order valence-electron chi connectivity index (χ0n) is 14.0. The monoisotopic (exact) mass is 344 g/mol. The maximum atomic E-state index is 12.2. The molecule has 0 saturated carbocycles. The van der Waals surface area contributed by atoms with Crippen LogP contribution in [0.5, 0.6) is 5.75 Å². The quantitative estimate of drug-likeness (QED) is 0.791. The Morgan fingerprint density at radius 2 is 2.12 bits per heavy atom. The fourth-order valence-corrected chi connectivity index (χ4v) is 3.01. The Kier molecular flexibility index (Phi) is 4.12. The molecule has 0 unspecified atom stereocenters. The SMILES string of the molecule is N#Cc1cc2c(cc1Cc1ccc(-n3ccnc3)cc1)C(=O)NCCO2. The van der Waals surface area contributed by atoms with E-state index < -0.39 is 0 Å². The third kappa shape index (κ3) is 3.03. The van der Waals surface area contributed by atoms with E-state index in [1.165, 1.54) is 0 Å². The van der Waals surface area contributed by atoms with Crippen molar-refractivity contribution in [3.8, 4) is 17.5 Å². The second kappa shape index (κ2) is 6.73. The van der Waals surface area contributed by atoms with Crippen LogP contribution in [0.4, 0.5) is 0 Å². The normalized spacial score (nSPS) is 13.1. The molecule has 0 bridgehead atoms. The van der Waals surface area contributed by atoms with Gasteiger partial charge in [-0.15, -0.1) is 0 Å². The van der Waals surface area contributed by atoms with Gasteiger partial charge in [-0.25, -0.2) is 4.98 Å². The lowest BCUT2D eigenvalue weighted by atomic mass is 9.97. The molecule has 1 aliphatic rings. The molecule has 2 aromatic carbocycles. The van der Waals surface area contributed by atoms with E-state index in [2.05, 4.69) is 16.4 Å². The van der Waals surface area contributed by atoms with Gasteiger partial charge in [0.15, 0.2) is 0 Å². The summed E-state index contributed by atoms with van der Waals surface area (Å²) in [6, 6.07) is 13.7. The van der Waals surface area contributed by atoms with Crippen molar-refractivity contribution < 1.29 is 9.53 Å². The number of hydrogen-bond acceptors (Lipinski definition) is 4. The maximum absolute atomic E-state index is 12.2. The van der Waals surface area contributed by atoms with Crippen LogP contribution in [0.2, 0.25) is 0 Å². The van der Waals surface area contributed by atoms with E-state index in [4.69, 9.17) is 4.74 Å². The van der Waals surface area contributed by atoms with Gasteiger partial charge in [0.25, 0.3) is 5.91 Å². The minimum absolute atomic E-state index is 0.168. The van der Waals surface area contributed by atoms with Crippen molar-refractivity contribution in [2.75, 3.05) is 13.2 Å². The fraction of sp³-hybridized carbons (Fsp3) is 0.150. The van der Waals surface area contributed by atoms with E-state index in [1.807, 2.05) is 35.0 Å². The van der Waals surface area contributed by atoms with Crippen LogP contribution in [0.3, 0.4) is 0 Å². The molecule has 1 amide bonds. The summed E-state index contributed by atoms with van der Waals surface area (Å²) >= 11 is 0. The van der Waals surface area contributed by atoms with Crippen LogP contribution in [0.1, 0.15) is 27.0 Å². The van der Waals surface area contributed by atoms with Crippen molar-refractivity contribution in [1.82, 2.24) is 14.9 Å². The molecule has 6 nitrogen and oxygen atoms in total. The highest BCUT2D eigenvalue weighted by atomic mass is 16.5. The summed E-state index contributed by atoms with van der Waals surface area (Å²) in [5.74, 6) is 0.300. The van der Waals surface area contributed by atoms with Crippen LogP contribution in [0.15, 0.2) is 55.1 Å². The average molecular weight is 344 g/mol. The van der Waals surface area contributed by atoms with Gasteiger partial charge < -0.3 is 14.6 Å². The number of aromatic nitrogens is 2. The summed E-state index contributed by atoms with van der Waals surface area (Å²) in [5.41, 5.74) is 3.88.